The van der Waals surface area contributed by atoms with Crippen LogP contribution in [-0.4, -0.2) is 16.8 Å². The molecular weight excluding hydrogens is 303 g/mol. The fourth-order valence-electron chi connectivity index (χ4n) is 2.26. The molecule has 0 aliphatic carbocycles. The van der Waals surface area contributed by atoms with Crippen LogP contribution in [0.15, 0.2) is 54.6 Å². The van der Waals surface area contributed by atoms with Crippen LogP contribution in [-0.2, 0) is 12.7 Å². The van der Waals surface area contributed by atoms with Gasteiger partial charge in [-0.15, -0.1) is 0 Å². The van der Waals surface area contributed by atoms with Crippen molar-refractivity contribution in [2.75, 3.05) is 0 Å². The largest absolute Gasteiger partial charge is 0.416 e. The van der Waals surface area contributed by atoms with Gasteiger partial charge in [0.15, 0.2) is 0 Å². The molecule has 2 aromatic carbocycles. The predicted molar refractivity (Wildman–Crippen MR) is 82.9 cm³/mol. The number of amides is 1. The molecule has 5 heteroatoms. The smallest absolute Gasteiger partial charge is 0.332 e. The van der Waals surface area contributed by atoms with Crippen LogP contribution in [0.2, 0.25) is 0 Å². The van der Waals surface area contributed by atoms with Crippen molar-refractivity contribution in [1.82, 2.24) is 4.90 Å². The fraction of sp³-hybridized carbons (Fsp3) is 0.278. The lowest BCUT2D eigenvalue weighted by molar-refractivity contribution is -0.137. The molecule has 0 aliphatic heterocycles. The average molecular weight is 321 g/mol. The van der Waals surface area contributed by atoms with Crippen LogP contribution in [0.25, 0.3) is 0 Å². The van der Waals surface area contributed by atoms with E-state index in [1.807, 2.05) is 44.2 Å². The van der Waals surface area contributed by atoms with Crippen molar-refractivity contribution >= 4 is 5.91 Å². The second-order valence-corrected chi connectivity index (χ2v) is 5.59. The van der Waals surface area contributed by atoms with Crippen molar-refractivity contribution in [2.24, 2.45) is 0 Å². The number of alkyl halides is 3. The van der Waals surface area contributed by atoms with Gasteiger partial charge in [-0.2, -0.15) is 13.2 Å². The van der Waals surface area contributed by atoms with E-state index in [0.29, 0.717) is 6.54 Å². The van der Waals surface area contributed by atoms with Crippen LogP contribution in [0.3, 0.4) is 0 Å². The van der Waals surface area contributed by atoms with Crippen molar-refractivity contribution in [2.45, 2.75) is 32.6 Å². The second kappa shape index (κ2) is 6.86. The van der Waals surface area contributed by atoms with Gasteiger partial charge in [-0.05, 0) is 37.6 Å². The summed E-state index contributed by atoms with van der Waals surface area (Å²) in [5.74, 6) is -0.407. The van der Waals surface area contributed by atoms with Crippen molar-refractivity contribution < 1.29 is 18.0 Å². The number of carbonyl (C=O) groups is 1. The van der Waals surface area contributed by atoms with Gasteiger partial charge in [-0.1, -0.05) is 36.4 Å². The van der Waals surface area contributed by atoms with Gasteiger partial charge < -0.3 is 4.90 Å². The number of carbonyl (C=O) groups excluding carboxylic acids is 1. The molecular formula is C18H18F3NO. The van der Waals surface area contributed by atoms with Crippen LogP contribution in [0, 0.1) is 0 Å². The first-order chi connectivity index (χ1) is 10.8. The molecule has 122 valence electrons. The number of hydrogen-bond acceptors (Lipinski definition) is 1. The molecule has 0 saturated carbocycles. The van der Waals surface area contributed by atoms with Crippen LogP contribution < -0.4 is 0 Å². The van der Waals surface area contributed by atoms with Gasteiger partial charge in [-0.25, -0.2) is 0 Å². The van der Waals surface area contributed by atoms with Crippen LogP contribution in [0.5, 0.6) is 0 Å². The maximum Gasteiger partial charge on any atom is 0.416 e. The zero-order chi connectivity index (χ0) is 17.0. The minimum atomic E-state index is -4.46. The highest BCUT2D eigenvalue weighted by Crippen LogP contribution is 2.30. The van der Waals surface area contributed by atoms with Crippen molar-refractivity contribution in [3.05, 3.63) is 71.3 Å². The third-order valence-electron chi connectivity index (χ3n) is 3.52. The predicted octanol–water partition coefficient (Wildman–Crippen LogP) is 4.76. The molecule has 2 aromatic rings. The summed E-state index contributed by atoms with van der Waals surface area (Å²) in [6, 6.07) is 13.8. The molecule has 0 aliphatic rings. The van der Waals surface area contributed by atoms with Gasteiger partial charge in [0.25, 0.3) is 5.91 Å². The highest BCUT2D eigenvalue weighted by atomic mass is 19.4. The Labute approximate surface area is 133 Å². The highest BCUT2D eigenvalue weighted by molar-refractivity contribution is 5.94. The van der Waals surface area contributed by atoms with Crippen molar-refractivity contribution in [3.8, 4) is 0 Å². The standard InChI is InChI=1S/C18H18F3NO/c1-13(2)22(12-14-7-4-3-5-8-14)17(23)15-9-6-10-16(11-15)18(19,20)21/h3-11,13H,12H2,1-2H3. The molecule has 1 amide bonds. The van der Waals surface area contributed by atoms with E-state index in [-0.39, 0.29) is 11.6 Å². The van der Waals surface area contributed by atoms with E-state index in [1.165, 1.54) is 12.1 Å². The first-order valence-corrected chi connectivity index (χ1v) is 7.31. The number of benzene rings is 2. The summed E-state index contributed by atoms with van der Waals surface area (Å²) in [5.41, 5.74) is 0.165. The Hall–Kier alpha value is -2.30. The Morgan fingerprint density at radius 2 is 1.70 bits per heavy atom. The second-order valence-electron chi connectivity index (χ2n) is 5.59. The first-order valence-electron chi connectivity index (χ1n) is 7.31. The monoisotopic (exact) mass is 321 g/mol. The molecule has 0 N–H and O–H groups in total. The minimum Gasteiger partial charge on any atom is -0.332 e. The molecule has 2 rings (SSSR count). The van der Waals surface area contributed by atoms with E-state index in [2.05, 4.69) is 0 Å². The molecule has 2 nitrogen and oxygen atoms in total. The Balaban J connectivity index is 2.28. The molecule has 0 radical (unpaired) electrons. The average Bonchev–Trinajstić information content (AvgIpc) is 2.52. The molecule has 0 atom stereocenters. The zero-order valence-corrected chi connectivity index (χ0v) is 13.0. The van der Waals surface area contributed by atoms with E-state index >= 15 is 0 Å². The Morgan fingerprint density at radius 1 is 1.04 bits per heavy atom. The minimum absolute atomic E-state index is 0.0458. The molecule has 0 spiro atoms. The van der Waals surface area contributed by atoms with Gasteiger partial charge in [0, 0.05) is 18.2 Å². The van der Waals surface area contributed by atoms with Crippen LogP contribution >= 0.6 is 0 Å². The summed E-state index contributed by atoms with van der Waals surface area (Å²) < 4.78 is 38.4. The third-order valence-corrected chi connectivity index (χ3v) is 3.52. The maximum atomic E-state index is 12.8. The third kappa shape index (κ3) is 4.34. The lowest BCUT2D eigenvalue weighted by Gasteiger charge is -2.27. The summed E-state index contributed by atoms with van der Waals surface area (Å²) in [6.07, 6.45) is -4.46. The summed E-state index contributed by atoms with van der Waals surface area (Å²) in [4.78, 5) is 14.2. The molecule has 0 unspecified atom stereocenters. The van der Waals surface area contributed by atoms with E-state index in [4.69, 9.17) is 0 Å². The van der Waals surface area contributed by atoms with Gasteiger partial charge in [-0.3, -0.25) is 4.79 Å². The fourth-order valence-corrected chi connectivity index (χ4v) is 2.26. The van der Waals surface area contributed by atoms with E-state index in [9.17, 15) is 18.0 Å². The number of rotatable bonds is 4. The number of nitrogens with zero attached hydrogens (tertiary/aromatic N) is 1. The summed E-state index contributed by atoms with van der Waals surface area (Å²) >= 11 is 0. The van der Waals surface area contributed by atoms with Gasteiger partial charge >= 0.3 is 6.18 Å². The van der Waals surface area contributed by atoms with Gasteiger partial charge in [0.1, 0.15) is 0 Å². The van der Waals surface area contributed by atoms with Crippen molar-refractivity contribution in [1.29, 1.82) is 0 Å². The number of hydrogen-bond donors (Lipinski definition) is 0. The van der Waals surface area contributed by atoms with Crippen molar-refractivity contribution in [3.63, 3.8) is 0 Å². The summed E-state index contributed by atoms with van der Waals surface area (Å²) in [5, 5.41) is 0. The van der Waals surface area contributed by atoms with E-state index in [1.54, 1.807) is 4.90 Å². The number of halogens is 3. The Kier molecular flexibility index (Phi) is 5.08. The first kappa shape index (κ1) is 17.1. The van der Waals surface area contributed by atoms with E-state index < -0.39 is 17.6 Å². The Bertz CT molecular complexity index is 665. The highest BCUT2D eigenvalue weighted by Gasteiger charge is 2.31. The SMILES string of the molecule is CC(C)N(Cc1ccccc1)C(=O)c1cccc(C(F)(F)F)c1. The van der Waals surface area contributed by atoms with Gasteiger partial charge in [0.05, 0.1) is 5.56 Å². The normalized spacial score (nSPS) is 11.6. The maximum absolute atomic E-state index is 12.8. The lowest BCUT2D eigenvalue weighted by Crippen LogP contribution is -2.36. The van der Waals surface area contributed by atoms with Crippen LogP contribution in [0.1, 0.15) is 35.3 Å². The molecule has 0 heterocycles. The topological polar surface area (TPSA) is 20.3 Å². The van der Waals surface area contributed by atoms with Crippen LogP contribution in [0.4, 0.5) is 13.2 Å². The molecule has 0 bridgehead atoms. The molecule has 0 aromatic heterocycles. The quantitative estimate of drug-likeness (QED) is 0.795. The molecule has 0 saturated heterocycles. The lowest BCUT2D eigenvalue weighted by atomic mass is 10.1. The summed E-state index contributed by atoms with van der Waals surface area (Å²) in [6.45, 7) is 4.04. The summed E-state index contributed by atoms with van der Waals surface area (Å²) in [7, 11) is 0. The Morgan fingerprint density at radius 3 is 2.26 bits per heavy atom. The zero-order valence-electron chi connectivity index (χ0n) is 13.0. The molecule has 23 heavy (non-hydrogen) atoms. The molecule has 0 fully saturated rings. The van der Waals surface area contributed by atoms with E-state index in [0.717, 1.165) is 17.7 Å². The van der Waals surface area contributed by atoms with Gasteiger partial charge in [0.2, 0.25) is 0 Å².